The highest BCUT2D eigenvalue weighted by Crippen LogP contribution is 2.24. The molecular formula is C19H31N3O2S. The molecule has 0 saturated heterocycles. The minimum atomic E-state index is -0.782. The lowest BCUT2D eigenvalue weighted by Crippen LogP contribution is -2.47. The maximum atomic E-state index is 12.5. The van der Waals surface area contributed by atoms with Gasteiger partial charge in [0.25, 0.3) is 0 Å². The molecule has 0 spiro atoms. The van der Waals surface area contributed by atoms with Gasteiger partial charge in [-0.05, 0) is 43.7 Å². The van der Waals surface area contributed by atoms with Crippen LogP contribution in [0.25, 0.3) is 0 Å². The Morgan fingerprint density at radius 1 is 1.40 bits per heavy atom. The van der Waals surface area contributed by atoms with Crippen LogP contribution in [0.3, 0.4) is 0 Å². The Morgan fingerprint density at radius 3 is 2.80 bits per heavy atom. The smallest absolute Gasteiger partial charge is 0.315 e. The second kappa shape index (κ2) is 9.32. The van der Waals surface area contributed by atoms with Gasteiger partial charge in [0.2, 0.25) is 0 Å². The molecule has 2 rings (SSSR count). The van der Waals surface area contributed by atoms with E-state index in [9.17, 15) is 9.00 Å². The molecule has 140 valence electrons. The number of aromatic nitrogens is 1. The fraction of sp³-hybridized carbons (Fsp3) is 0.684. The van der Waals surface area contributed by atoms with Gasteiger partial charge in [0.15, 0.2) is 0 Å². The van der Waals surface area contributed by atoms with Gasteiger partial charge in [-0.15, -0.1) is 0 Å². The van der Waals surface area contributed by atoms with Crippen molar-refractivity contribution in [1.29, 1.82) is 0 Å². The minimum Gasteiger partial charge on any atom is -0.335 e. The summed E-state index contributed by atoms with van der Waals surface area (Å²) < 4.78 is 12.1. The standard InChI is InChI=1S/C19H31N3O2S/c1-5-25(24)16-10-6-9-15(12-16)21-19(23)22-17(13(2)3)18-14(4)8-7-11-20-18/h7-8,11,13,15-17H,5-6,9-10,12H2,1-4H3,(H2,21,22,23). The van der Waals surface area contributed by atoms with Crippen LogP contribution in [-0.4, -0.2) is 32.3 Å². The average Bonchev–Trinajstić information content (AvgIpc) is 2.59. The van der Waals surface area contributed by atoms with E-state index >= 15 is 0 Å². The lowest BCUT2D eigenvalue weighted by molar-refractivity contribution is 0.224. The first-order chi connectivity index (χ1) is 11.9. The Morgan fingerprint density at radius 2 is 2.16 bits per heavy atom. The molecule has 0 aliphatic heterocycles. The van der Waals surface area contributed by atoms with E-state index in [2.05, 4.69) is 29.5 Å². The van der Waals surface area contributed by atoms with Crippen LogP contribution >= 0.6 is 0 Å². The van der Waals surface area contributed by atoms with Crippen molar-refractivity contribution < 1.29 is 9.00 Å². The van der Waals surface area contributed by atoms with Gasteiger partial charge in [0.1, 0.15) is 0 Å². The number of amides is 2. The maximum Gasteiger partial charge on any atom is 0.315 e. The summed E-state index contributed by atoms with van der Waals surface area (Å²) in [5.74, 6) is 0.934. The number of hydrogen-bond donors (Lipinski definition) is 2. The topological polar surface area (TPSA) is 71.1 Å². The lowest BCUT2D eigenvalue weighted by atomic mass is 9.95. The van der Waals surface area contributed by atoms with Gasteiger partial charge in [-0.25, -0.2) is 4.79 Å². The van der Waals surface area contributed by atoms with Gasteiger partial charge < -0.3 is 10.6 Å². The Kier molecular flexibility index (Phi) is 7.41. The normalized spacial score (nSPS) is 23.1. The van der Waals surface area contributed by atoms with Crippen molar-refractivity contribution in [3.8, 4) is 0 Å². The number of rotatable bonds is 6. The Hall–Kier alpha value is -1.43. The van der Waals surface area contributed by atoms with Crippen LogP contribution in [0.2, 0.25) is 0 Å². The van der Waals surface area contributed by atoms with Crippen LogP contribution in [0.5, 0.6) is 0 Å². The molecule has 1 aromatic rings. The quantitative estimate of drug-likeness (QED) is 0.811. The summed E-state index contributed by atoms with van der Waals surface area (Å²) in [4.78, 5) is 17.0. The molecule has 5 nitrogen and oxygen atoms in total. The molecule has 1 saturated carbocycles. The molecule has 25 heavy (non-hydrogen) atoms. The fourth-order valence-electron chi connectivity index (χ4n) is 3.49. The van der Waals surface area contributed by atoms with Crippen molar-refractivity contribution in [2.24, 2.45) is 5.92 Å². The van der Waals surface area contributed by atoms with Gasteiger partial charge in [0.05, 0.1) is 11.7 Å². The number of hydrogen-bond acceptors (Lipinski definition) is 3. The predicted octanol–water partition coefficient (Wildman–Crippen LogP) is 3.47. The van der Waals surface area contributed by atoms with Crippen molar-refractivity contribution in [3.05, 3.63) is 29.6 Å². The summed E-state index contributed by atoms with van der Waals surface area (Å²) >= 11 is 0. The zero-order chi connectivity index (χ0) is 18.4. The highest BCUT2D eigenvalue weighted by atomic mass is 32.2. The minimum absolute atomic E-state index is 0.104. The van der Waals surface area contributed by atoms with E-state index < -0.39 is 10.8 Å². The first kappa shape index (κ1) is 19.9. The predicted molar refractivity (Wildman–Crippen MR) is 103 cm³/mol. The third-order valence-corrected chi connectivity index (χ3v) is 6.66. The summed E-state index contributed by atoms with van der Waals surface area (Å²) in [6.45, 7) is 8.14. The molecule has 1 heterocycles. The van der Waals surface area contributed by atoms with Crippen LogP contribution in [0.4, 0.5) is 4.79 Å². The molecule has 4 atom stereocenters. The number of carbonyl (C=O) groups excluding carboxylic acids is 1. The van der Waals surface area contributed by atoms with Crippen LogP contribution in [0, 0.1) is 12.8 Å². The van der Waals surface area contributed by atoms with Crippen LogP contribution in [0.15, 0.2) is 18.3 Å². The van der Waals surface area contributed by atoms with Gasteiger partial charge in [-0.2, -0.15) is 0 Å². The van der Waals surface area contributed by atoms with E-state index in [0.29, 0.717) is 5.75 Å². The highest BCUT2D eigenvalue weighted by molar-refractivity contribution is 7.85. The second-order valence-corrected chi connectivity index (χ2v) is 9.21. The number of urea groups is 1. The van der Waals surface area contributed by atoms with Gasteiger partial charge in [-0.1, -0.05) is 33.3 Å². The summed E-state index contributed by atoms with van der Waals surface area (Å²) in [5.41, 5.74) is 2.00. The molecule has 1 aliphatic rings. The summed E-state index contributed by atoms with van der Waals surface area (Å²) in [7, 11) is -0.782. The Balaban J connectivity index is 1.98. The molecule has 0 radical (unpaired) electrons. The maximum absolute atomic E-state index is 12.5. The first-order valence-corrected chi connectivity index (χ1v) is 10.7. The molecule has 0 aromatic carbocycles. The number of nitrogens with one attached hydrogen (secondary N) is 2. The fourth-order valence-corrected chi connectivity index (χ4v) is 4.84. The van der Waals surface area contributed by atoms with E-state index in [0.717, 1.165) is 36.9 Å². The highest BCUT2D eigenvalue weighted by Gasteiger charge is 2.28. The third kappa shape index (κ3) is 5.53. The monoisotopic (exact) mass is 365 g/mol. The van der Waals surface area contributed by atoms with Crippen molar-refractivity contribution in [2.75, 3.05) is 5.75 Å². The SMILES string of the molecule is CCS(=O)C1CCCC(NC(=O)NC(c2ncccc2C)C(C)C)C1. The van der Waals surface area contributed by atoms with Crippen molar-refractivity contribution in [2.45, 2.75) is 70.7 Å². The van der Waals surface area contributed by atoms with Crippen molar-refractivity contribution >= 4 is 16.8 Å². The Labute approximate surface area is 153 Å². The molecule has 6 heteroatoms. The number of carbonyl (C=O) groups is 1. The molecule has 1 aromatic heterocycles. The molecule has 2 amide bonds. The van der Waals surface area contributed by atoms with Gasteiger partial charge in [0, 0.05) is 34.0 Å². The van der Waals surface area contributed by atoms with Gasteiger partial charge >= 0.3 is 6.03 Å². The molecule has 1 aliphatic carbocycles. The summed E-state index contributed by atoms with van der Waals surface area (Å²) in [5, 5.41) is 6.39. The van der Waals surface area contributed by atoms with Gasteiger partial charge in [-0.3, -0.25) is 9.19 Å². The van der Waals surface area contributed by atoms with E-state index in [1.165, 1.54) is 0 Å². The molecule has 1 fully saturated rings. The molecule has 0 bridgehead atoms. The van der Waals surface area contributed by atoms with Crippen molar-refractivity contribution in [3.63, 3.8) is 0 Å². The van der Waals surface area contributed by atoms with E-state index in [4.69, 9.17) is 0 Å². The molecule has 2 N–H and O–H groups in total. The zero-order valence-electron chi connectivity index (χ0n) is 15.7. The van der Waals surface area contributed by atoms with Crippen molar-refractivity contribution in [1.82, 2.24) is 15.6 Å². The van der Waals surface area contributed by atoms with E-state index in [1.54, 1.807) is 6.20 Å². The third-order valence-electron chi connectivity index (χ3n) is 4.92. The summed E-state index contributed by atoms with van der Waals surface area (Å²) in [6, 6.07) is 3.75. The first-order valence-electron chi connectivity index (χ1n) is 9.28. The Bertz CT molecular complexity index is 606. The number of nitrogens with zero attached hydrogens (tertiary/aromatic N) is 1. The van der Waals surface area contributed by atoms with Crippen LogP contribution < -0.4 is 10.6 Å². The lowest BCUT2D eigenvalue weighted by Gasteiger charge is -2.30. The zero-order valence-corrected chi connectivity index (χ0v) is 16.6. The number of aryl methyl sites for hydroxylation is 1. The van der Waals surface area contributed by atoms with Crippen LogP contribution in [0.1, 0.15) is 63.8 Å². The molecular weight excluding hydrogens is 334 g/mol. The van der Waals surface area contributed by atoms with E-state index in [-0.39, 0.29) is 29.3 Å². The largest absolute Gasteiger partial charge is 0.335 e. The summed E-state index contributed by atoms with van der Waals surface area (Å²) in [6.07, 6.45) is 5.56. The van der Waals surface area contributed by atoms with E-state index in [1.807, 2.05) is 26.0 Å². The number of pyridine rings is 1. The average molecular weight is 366 g/mol. The van der Waals surface area contributed by atoms with Crippen LogP contribution in [-0.2, 0) is 10.8 Å². The second-order valence-electron chi connectivity index (χ2n) is 7.20. The molecule has 4 unspecified atom stereocenters.